The lowest BCUT2D eigenvalue weighted by Crippen LogP contribution is -2.21. The maximum Gasteiger partial charge on any atom is 0.334 e. The van der Waals surface area contributed by atoms with Gasteiger partial charge in [-0.05, 0) is 13.8 Å². The smallest absolute Gasteiger partial charge is 0.334 e. The standard InChI is InChI=1S/C11H16O4/c1-5-6-7-9(11(13)15-4)8(2)10(12)14-3/h5-8H,1-4H3. The molecule has 0 radical (unpaired) electrons. The Labute approximate surface area is 89.6 Å². The van der Waals surface area contributed by atoms with Crippen LogP contribution in [0.4, 0.5) is 0 Å². The highest BCUT2D eigenvalue weighted by Crippen LogP contribution is 2.14. The van der Waals surface area contributed by atoms with E-state index in [-0.39, 0.29) is 5.57 Å². The molecule has 0 aromatic heterocycles. The van der Waals surface area contributed by atoms with Crippen molar-refractivity contribution in [3.63, 3.8) is 0 Å². The van der Waals surface area contributed by atoms with Crippen molar-refractivity contribution < 1.29 is 19.1 Å². The van der Waals surface area contributed by atoms with E-state index in [2.05, 4.69) is 9.47 Å². The summed E-state index contributed by atoms with van der Waals surface area (Å²) in [5.74, 6) is -1.61. The van der Waals surface area contributed by atoms with Gasteiger partial charge in [0.05, 0.1) is 25.7 Å². The van der Waals surface area contributed by atoms with Gasteiger partial charge in [-0.3, -0.25) is 4.79 Å². The van der Waals surface area contributed by atoms with Gasteiger partial charge in [0, 0.05) is 0 Å². The van der Waals surface area contributed by atoms with Crippen LogP contribution in [-0.2, 0) is 19.1 Å². The predicted molar refractivity (Wildman–Crippen MR) is 56.1 cm³/mol. The molecule has 0 aliphatic carbocycles. The molecule has 0 aliphatic rings. The van der Waals surface area contributed by atoms with E-state index in [1.807, 2.05) is 6.92 Å². The Kier molecular flexibility index (Phi) is 6.09. The number of allylic oxidation sites excluding steroid dienone is 3. The van der Waals surface area contributed by atoms with E-state index in [9.17, 15) is 9.59 Å². The summed E-state index contributed by atoms with van der Waals surface area (Å²) < 4.78 is 9.13. The molecular formula is C11H16O4. The van der Waals surface area contributed by atoms with Gasteiger partial charge < -0.3 is 9.47 Å². The minimum absolute atomic E-state index is 0.280. The lowest BCUT2D eigenvalue weighted by Gasteiger charge is -2.11. The maximum atomic E-state index is 11.3. The first kappa shape index (κ1) is 13.4. The fraction of sp³-hybridized carbons (Fsp3) is 0.455. The SMILES string of the molecule is CC=CC=C(C(=O)OC)C(C)C(=O)OC. The summed E-state index contributed by atoms with van der Waals surface area (Å²) in [5.41, 5.74) is 0.280. The highest BCUT2D eigenvalue weighted by Gasteiger charge is 2.24. The van der Waals surface area contributed by atoms with Crippen molar-refractivity contribution in [2.45, 2.75) is 13.8 Å². The summed E-state index contributed by atoms with van der Waals surface area (Å²) in [7, 11) is 2.55. The Morgan fingerprint density at radius 1 is 1.20 bits per heavy atom. The molecule has 15 heavy (non-hydrogen) atoms. The Morgan fingerprint density at radius 2 is 1.80 bits per heavy atom. The molecule has 0 aromatic rings. The molecule has 1 atom stereocenters. The molecule has 0 aliphatic heterocycles. The maximum absolute atomic E-state index is 11.3. The van der Waals surface area contributed by atoms with Crippen molar-refractivity contribution in [3.05, 3.63) is 23.8 Å². The van der Waals surface area contributed by atoms with Gasteiger partial charge >= 0.3 is 11.9 Å². The lowest BCUT2D eigenvalue weighted by molar-refractivity contribution is -0.146. The Hall–Kier alpha value is -1.58. The van der Waals surface area contributed by atoms with E-state index in [1.165, 1.54) is 14.2 Å². The Balaban J connectivity index is 4.94. The minimum atomic E-state index is -0.626. The highest BCUT2D eigenvalue weighted by molar-refractivity contribution is 5.95. The molecule has 0 rings (SSSR count). The average molecular weight is 212 g/mol. The summed E-state index contributed by atoms with van der Waals surface area (Å²) >= 11 is 0. The third kappa shape index (κ3) is 3.97. The van der Waals surface area contributed by atoms with Gasteiger partial charge in [-0.1, -0.05) is 18.2 Å². The van der Waals surface area contributed by atoms with E-state index < -0.39 is 17.9 Å². The highest BCUT2D eigenvalue weighted by atomic mass is 16.5. The van der Waals surface area contributed by atoms with Gasteiger partial charge in [-0.2, -0.15) is 0 Å². The zero-order valence-electron chi connectivity index (χ0n) is 9.44. The van der Waals surface area contributed by atoms with Crippen molar-refractivity contribution in [2.75, 3.05) is 14.2 Å². The Morgan fingerprint density at radius 3 is 2.20 bits per heavy atom. The first-order chi connectivity index (χ1) is 7.08. The van der Waals surface area contributed by atoms with E-state index in [1.54, 1.807) is 25.2 Å². The molecule has 4 nitrogen and oxygen atoms in total. The molecule has 84 valence electrons. The second kappa shape index (κ2) is 6.81. The molecule has 4 heteroatoms. The van der Waals surface area contributed by atoms with Crippen LogP contribution >= 0.6 is 0 Å². The zero-order valence-corrected chi connectivity index (χ0v) is 9.44. The molecule has 0 N–H and O–H groups in total. The number of carbonyl (C=O) groups excluding carboxylic acids is 2. The van der Waals surface area contributed by atoms with Crippen molar-refractivity contribution >= 4 is 11.9 Å². The molecule has 0 saturated heterocycles. The van der Waals surface area contributed by atoms with Gasteiger partial charge in [0.1, 0.15) is 0 Å². The molecule has 0 fully saturated rings. The number of methoxy groups -OCH3 is 2. The number of rotatable bonds is 4. The normalized spacial score (nSPS) is 13.7. The van der Waals surface area contributed by atoms with Gasteiger partial charge in [0.15, 0.2) is 0 Å². The van der Waals surface area contributed by atoms with Crippen LogP contribution in [0, 0.1) is 5.92 Å². The van der Waals surface area contributed by atoms with E-state index in [0.717, 1.165) is 0 Å². The monoisotopic (exact) mass is 212 g/mol. The second-order valence-electron chi connectivity index (χ2n) is 2.88. The topological polar surface area (TPSA) is 52.6 Å². The van der Waals surface area contributed by atoms with E-state index in [0.29, 0.717) is 0 Å². The number of carbonyl (C=O) groups is 2. The average Bonchev–Trinajstić information content (AvgIpc) is 2.27. The Bertz CT molecular complexity index is 289. The number of ether oxygens (including phenoxy) is 2. The van der Waals surface area contributed by atoms with Crippen molar-refractivity contribution in [3.8, 4) is 0 Å². The third-order valence-corrected chi connectivity index (χ3v) is 1.91. The van der Waals surface area contributed by atoms with Gasteiger partial charge in [-0.15, -0.1) is 0 Å². The number of hydrogen-bond acceptors (Lipinski definition) is 4. The van der Waals surface area contributed by atoms with Crippen LogP contribution in [0.2, 0.25) is 0 Å². The third-order valence-electron chi connectivity index (χ3n) is 1.91. The zero-order chi connectivity index (χ0) is 11.8. The summed E-state index contributed by atoms with van der Waals surface area (Å²) in [4.78, 5) is 22.6. The molecule has 0 heterocycles. The summed E-state index contributed by atoms with van der Waals surface area (Å²) in [6.45, 7) is 3.41. The van der Waals surface area contributed by atoms with Crippen LogP contribution in [0.5, 0.6) is 0 Å². The van der Waals surface area contributed by atoms with E-state index in [4.69, 9.17) is 0 Å². The van der Waals surface area contributed by atoms with Crippen molar-refractivity contribution in [1.82, 2.24) is 0 Å². The number of esters is 2. The van der Waals surface area contributed by atoms with Crippen LogP contribution in [0.15, 0.2) is 23.8 Å². The van der Waals surface area contributed by atoms with Crippen molar-refractivity contribution in [2.24, 2.45) is 5.92 Å². The quantitative estimate of drug-likeness (QED) is 0.402. The first-order valence-corrected chi connectivity index (χ1v) is 4.57. The van der Waals surface area contributed by atoms with Gasteiger partial charge in [0.25, 0.3) is 0 Å². The minimum Gasteiger partial charge on any atom is -0.469 e. The van der Waals surface area contributed by atoms with Crippen LogP contribution < -0.4 is 0 Å². The van der Waals surface area contributed by atoms with E-state index >= 15 is 0 Å². The summed E-state index contributed by atoms with van der Waals surface area (Å²) in [5, 5.41) is 0. The van der Waals surface area contributed by atoms with Gasteiger partial charge in [-0.25, -0.2) is 4.79 Å². The molecule has 0 amide bonds. The fourth-order valence-electron chi connectivity index (χ4n) is 1.01. The molecular weight excluding hydrogens is 196 g/mol. The van der Waals surface area contributed by atoms with Crippen LogP contribution in [0.1, 0.15) is 13.8 Å². The fourth-order valence-corrected chi connectivity index (χ4v) is 1.01. The van der Waals surface area contributed by atoms with Gasteiger partial charge in [0.2, 0.25) is 0 Å². The molecule has 0 spiro atoms. The van der Waals surface area contributed by atoms with Crippen LogP contribution in [0.25, 0.3) is 0 Å². The lowest BCUT2D eigenvalue weighted by atomic mass is 10.0. The number of hydrogen-bond donors (Lipinski definition) is 0. The largest absolute Gasteiger partial charge is 0.469 e. The molecule has 1 unspecified atom stereocenters. The summed E-state index contributed by atoms with van der Waals surface area (Å²) in [6, 6.07) is 0. The second-order valence-corrected chi connectivity index (χ2v) is 2.88. The van der Waals surface area contributed by atoms with Crippen LogP contribution in [0.3, 0.4) is 0 Å². The molecule has 0 saturated carbocycles. The predicted octanol–water partition coefficient (Wildman–Crippen LogP) is 1.47. The summed E-state index contributed by atoms with van der Waals surface area (Å²) in [6.07, 6.45) is 4.98. The van der Waals surface area contributed by atoms with Crippen LogP contribution in [-0.4, -0.2) is 26.2 Å². The molecule has 0 aromatic carbocycles. The first-order valence-electron chi connectivity index (χ1n) is 4.57. The molecule has 0 bridgehead atoms. The van der Waals surface area contributed by atoms with Crippen molar-refractivity contribution in [1.29, 1.82) is 0 Å².